The molecule has 3 rings (SSSR count). The number of hydrogen-bond donors (Lipinski definition) is 1. The third-order valence-corrected chi connectivity index (χ3v) is 3.73. The summed E-state index contributed by atoms with van der Waals surface area (Å²) < 4.78 is 16.4. The molecule has 0 saturated carbocycles. The van der Waals surface area contributed by atoms with Crippen LogP contribution in [-0.2, 0) is 6.42 Å². The quantitative estimate of drug-likeness (QED) is 0.889. The van der Waals surface area contributed by atoms with E-state index in [0.717, 1.165) is 42.7 Å². The van der Waals surface area contributed by atoms with Crippen LogP contribution in [0.25, 0.3) is 0 Å². The van der Waals surface area contributed by atoms with E-state index in [4.69, 9.17) is 14.2 Å². The number of rotatable bonds is 3. The maximum absolute atomic E-state index is 5.58. The Balaban J connectivity index is 1.83. The van der Waals surface area contributed by atoms with E-state index >= 15 is 0 Å². The van der Waals surface area contributed by atoms with E-state index in [1.165, 1.54) is 18.4 Å². The van der Waals surface area contributed by atoms with Crippen molar-refractivity contribution in [2.45, 2.75) is 19.3 Å². The van der Waals surface area contributed by atoms with E-state index in [1.54, 1.807) is 7.11 Å². The van der Waals surface area contributed by atoms with Gasteiger partial charge in [-0.1, -0.05) is 0 Å². The summed E-state index contributed by atoms with van der Waals surface area (Å²) in [6.07, 6.45) is 3.50. The first kappa shape index (κ1) is 11.7. The highest BCUT2D eigenvalue weighted by Crippen LogP contribution is 2.40. The van der Waals surface area contributed by atoms with Crippen molar-refractivity contribution in [3.8, 4) is 17.2 Å². The predicted octanol–water partition coefficient (Wildman–Crippen LogP) is 1.97. The number of piperidine rings is 1. The molecule has 2 heterocycles. The maximum Gasteiger partial charge on any atom is 0.231 e. The van der Waals surface area contributed by atoms with E-state index in [2.05, 4.69) is 11.4 Å². The third-order valence-electron chi connectivity index (χ3n) is 3.73. The normalized spacial score (nSPS) is 18.9. The molecule has 4 nitrogen and oxygen atoms in total. The van der Waals surface area contributed by atoms with Crippen LogP contribution < -0.4 is 19.5 Å². The number of fused-ring (bicyclic) bond motifs is 1. The topological polar surface area (TPSA) is 39.7 Å². The van der Waals surface area contributed by atoms with Gasteiger partial charge < -0.3 is 19.5 Å². The molecular formula is C14H19NO3. The lowest BCUT2D eigenvalue weighted by molar-refractivity contribution is 0.173. The summed E-state index contributed by atoms with van der Waals surface area (Å²) in [4.78, 5) is 0. The lowest BCUT2D eigenvalue weighted by Gasteiger charge is -2.23. The molecule has 1 aromatic carbocycles. The molecule has 18 heavy (non-hydrogen) atoms. The number of methoxy groups -OCH3 is 1. The van der Waals surface area contributed by atoms with Gasteiger partial charge in [-0.2, -0.15) is 0 Å². The molecule has 0 bridgehead atoms. The van der Waals surface area contributed by atoms with Crippen LogP contribution in [0.15, 0.2) is 12.1 Å². The first-order valence-electron chi connectivity index (χ1n) is 6.54. The van der Waals surface area contributed by atoms with Gasteiger partial charge in [0.05, 0.1) is 7.11 Å². The molecule has 1 aromatic rings. The molecule has 1 fully saturated rings. The Labute approximate surface area is 107 Å². The first-order chi connectivity index (χ1) is 8.86. The van der Waals surface area contributed by atoms with Crippen molar-refractivity contribution in [1.29, 1.82) is 0 Å². The third kappa shape index (κ3) is 2.25. The monoisotopic (exact) mass is 249 g/mol. The minimum atomic E-state index is 0.321. The van der Waals surface area contributed by atoms with Crippen LogP contribution in [0.3, 0.4) is 0 Å². The Kier molecular flexibility index (Phi) is 3.28. The van der Waals surface area contributed by atoms with Gasteiger partial charge >= 0.3 is 0 Å². The van der Waals surface area contributed by atoms with Gasteiger partial charge in [-0.25, -0.2) is 0 Å². The molecule has 1 saturated heterocycles. The SMILES string of the molecule is COc1cc(CC2CCNCC2)c2c(c1)OCO2. The van der Waals surface area contributed by atoms with Crippen molar-refractivity contribution in [3.05, 3.63) is 17.7 Å². The zero-order valence-corrected chi connectivity index (χ0v) is 10.7. The molecular weight excluding hydrogens is 230 g/mol. The van der Waals surface area contributed by atoms with Crippen molar-refractivity contribution in [1.82, 2.24) is 5.32 Å². The summed E-state index contributed by atoms with van der Waals surface area (Å²) in [6, 6.07) is 3.98. The van der Waals surface area contributed by atoms with Crippen LogP contribution in [0.4, 0.5) is 0 Å². The minimum Gasteiger partial charge on any atom is -0.497 e. The van der Waals surface area contributed by atoms with Crippen LogP contribution in [0.5, 0.6) is 17.2 Å². The Morgan fingerprint density at radius 2 is 2.11 bits per heavy atom. The fourth-order valence-corrected chi connectivity index (χ4v) is 2.72. The van der Waals surface area contributed by atoms with Gasteiger partial charge in [0.25, 0.3) is 0 Å². The molecule has 0 aromatic heterocycles. The Hall–Kier alpha value is -1.42. The summed E-state index contributed by atoms with van der Waals surface area (Å²) >= 11 is 0. The summed E-state index contributed by atoms with van der Waals surface area (Å²) in [5.41, 5.74) is 1.22. The van der Waals surface area contributed by atoms with Gasteiger partial charge in [0.1, 0.15) is 5.75 Å². The fraction of sp³-hybridized carbons (Fsp3) is 0.571. The average Bonchev–Trinajstić information content (AvgIpc) is 2.88. The molecule has 0 aliphatic carbocycles. The predicted molar refractivity (Wildman–Crippen MR) is 68.4 cm³/mol. The number of hydrogen-bond acceptors (Lipinski definition) is 4. The smallest absolute Gasteiger partial charge is 0.231 e. The van der Waals surface area contributed by atoms with Crippen LogP contribution >= 0.6 is 0 Å². The Morgan fingerprint density at radius 3 is 2.89 bits per heavy atom. The molecule has 2 aliphatic rings. The van der Waals surface area contributed by atoms with Crippen LogP contribution in [0.2, 0.25) is 0 Å². The largest absolute Gasteiger partial charge is 0.497 e. The van der Waals surface area contributed by atoms with E-state index in [-0.39, 0.29) is 0 Å². The van der Waals surface area contributed by atoms with Gasteiger partial charge in [0, 0.05) is 11.6 Å². The van der Waals surface area contributed by atoms with Crippen LogP contribution in [-0.4, -0.2) is 27.0 Å². The number of benzene rings is 1. The second-order valence-corrected chi connectivity index (χ2v) is 4.92. The fourth-order valence-electron chi connectivity index (χ4n) is 2.72. The summed E-state index contributed by atoms with van der Waals surface area (Å²) in [5.74, 6) is 3.31. The highest BCUT2D eigenvalue weighted by Gasteiger charge is 2.22. The lowest BCUT2D eigenvalue weighted by atomic mass is 9.90. The van der Waals surface area contributed by atoms with Crippen LogP contribution in [0.1, 0.15) is 18.4 Å². The van der Waals surface area contributed by atoms with Crippen molar-refractivity contribution < 1.29 is 14.2 Å². The molecule has 0 spiro atoms. The average molecular weight is 249 g/mol. The molecule has 98 valence electrons. The standard InChI is InChI=1S/C14H19NO3/c1-16-12-7-11(6-10-2-4-15-5-3-10)14-13(8-12)17-9-18-14/h7-8,10,15H,2-6,9H2,1H3. The molecule has 1 N–H and O–H groups in total. The highest BCUT2D eigenvalue weighted by molar-refractivity contribution is 5.53. The Bertz CT molecular complexity index is 427. The molecule has 2 aliphatic heterocycles. The Morgan fingerprint density at radius 1 is 1.28 bits per heavy atom. The van der Waals surface area contributed by atoms with Gasteiger partial charge in [0.2, 0.25) is 6.79 Å². The first-order valence-corrected chi connectivity index (χ1v) is 6.54. The van der Waals surface area contributed by atoms with Crippen molar-refractivity contribution in [2.75, 3.05) is 27.0 Å². The summed E-state index contributed by atoms with van der Waals surface area (Å²) in [5, 5.41) is 3.39. The highest BCUT2D eigenvalue weighted by atomic mass is 16.7. The van der Waals surface area contributed by atoms with Gasteiger partial charge in [-0.05, 0) is 44.3 Å². The van der Waals surface area contributed by atoms with Gasteiger partial charge in [-0.15, -0.1) is 0 Å². The summed E-state index contributed by atoms with van der Waals surface area (Å²) in [6.45, 7) is 2.56. The number of ether oxygens (including phenoxy) is 3. The van der Waals surface area contributed by atoms with E-state index in [0.29, 0.717) is 6.79 Å². The van der Waals surface area contributed by atoms with E-state index < -0.39 is 0 Å². The second kappa shape index (κ2) is 5.06. The lowest BCUT2D eigenvalue weighted by Crippen LogP contribution is -2.28. The van der Waals surface area contributed by atoms with E-state index in [9.17, 15) is 0 Å². The van der Waals surface area contributed by atoms with Gasteiger partial charge in [-0.3, -0.25) is 0 Å². The van der Waals surface area contributed by atoms with Crippen molar-refractivity contribution >= 4 is 0 Å². The molecule has 4 heteroatoms. The number of nitrogens with one attached hydrogen (secondary N) is 1. The zero-order valence-electron chi connectivity index (χ0n) is 10.7. The molecule has 0 radical (unpaired) electrons. The molecule has 0 amide bonds. The summed E-state index contributed by atoms with van der Waals surface area (Å²) in [7, 11) is 1.69. The minimum absolute atomic E-state index is 0.321. The van der Waals surface area contributed by atoms with Gasteiger partial charge in [0.15, 0.2) is 11.5 Å². The zero-order chi connectivity index (χ0) is 12.4. The van der Waals surface area contributed by atoms with E-state index in [1.807, 2.05) is 6.07 Å². The molecule has 0 unspecified atom stereocenters. The van der Waals surface area contributed by atoms with Crippen molar-refractivity contribution in [3.63, 3.8) is 0 Å². The maximum atomic E-state index is 5.58. The van der Waals surface area contributed by atoms with Crippen molar-refractivity contribution in [2.24, 2.45) is 5.92 Å². The molecule has 0 atom stereocenters. The van der Waals surface area contributed by atoms with Crippen LogP contribution in [0, 0.1) is 5.92 Å². The second-order valence-electron chi connectivity index (χ2n) is 4.92.